The lowest BCUT2D eigenvalue weighted by molar-refractivity contribution is 0.0950. The lowest BCUT2D eigenvalue weighted by atomic mass is 10.1. The predicted molar refractivity (Wildman–Crippen MR) is 67.3 cm³/mol. The number of hydrogen-bond donors (Lipinski definition) is 1. The van der Waals surface area contributed by atoms with Crippen molar-refractivity contribution in [3.05, 3.63) is 34.6 Å². The minimum Gasteiger partial charge on any atom is -0.381 e. The lowest BCUT2D eigenvalue weighted by Crippen LogP contribution is -2.26. The van der Waals surface area contributed by atoms with E-state index >= 15 is 0 Å². The first-order chi connectivity index (χ1) is 8.66. The minimum atomic E-state index is -0.445. The third-order valence-corrected chi connectivity index (χ3v) is 3.35. The van der Waals surface area contributed by atoms with E-state index in [9.17, 15) is 9.18 Å². The van der Waals surface area contributed by atoms with Crippen LogP contribution in [0.3, 0.4) is 0 Å². The zero-order valence-electron chi connectivity index (χ0n) is 9.92. The first-order valence-electron chi connectivity index (χ1n) is 5.98. The Kier molecular flexibility index (Phi) is 4.55. The second-order valence-corrected chi connectivity index (χ2v) is 4.81. The summed E-state index contributed by atoms with van der Waals surface area (Å²) < 4.78 is 18.1. The van der Waals surface area contributed by atoms with E-state index in [0.717, 1.165) is 32.1 Å². The Balaban J connectivity index is 1.83. The second-order valence-electron chi connectivity index (χ2n) is 4.40. The highest BCUT2D eigenvalue weighted by Crippen LogP contribution is 2.18. The maximum absolute atomic E-state index is 12.8. The normalized spacial score (nSPS) is 18.9. The van der Waals surface area contributed by atoms with E-state index in [-0.39, 0.29) is 10.9 Å². The van der Waals surface area contributed by atoms with Gasteiger partial charge in [0.25, 0.3) is 5.91 Å². The highest BCUT2D eigenvalue weighted by molar-refractivity contribution is 6.33. The van der Waals surface area contributed by atoms with E-state index in [2.05, 4.69) is 5.32 Å². The third-order valence-electron chi connectivity index (χ3n) is 3.04. The molecule has 98 valence electrons. The quantitative estimate of drug-likeness (QED) is 0.914. The number of carbonyl (C=O) groups excluding carboxylic acids is 1. The predicted octanol–water partition coefficient (Wildman–Crippen LogP) is 2.64. The molecular formula is C13H15ClFNO2. The van der Waals surface area contributed by atoms with Gasteiger partial charge in [0, 0.05) is 19.8 Å². The highest BCUT2D eigenvalue weighted by Gasteiger charge is 2.16. The molecular weight excluding hydrogens is 257 g/mol. The smallest absolute Gasteiger partial charge is 0.252 e. The fraction of sp³-hybridized carbons (Fsp3) is 0.462. The molecule has 1 N–H and O–H groups in total. The van der Waals surface area contributed by atoms with Gasteiger partial charge in [-0.05, 0) is 37.0 Å². The average molecular weight is 272 g/mol. The summed E-state index contributed by atoms with van der Waals surface area (Å²) in [6.45, 7) is 2.16. The molecule has 2 rings (SSSR count). The Bertz CT molecular complexity index is 433. The molecule has 1 aliphatic heterocycles. The Hall–Kier alpha value is -1.13. The van der Waals surface area contributed by atoms with Gasteiger partial charge >= 0.3 is 0 Å². The SMILES string of the molecule is O=C(NCC[C@@H]1CCOC1)c1ccc(F)cc1Cl. The lowest BCUT2D eigenvalue weighted by Gasteiger charge is -2.09. The summed E-state index contributed by atoms with van der Waals surface area (Å²) in [5.41, 5.74) is 0.306. The molecule has 0 aliphatic carbocycles. The van der Waals surface area contributed by atoms with Crippen LogP contribution in [0.15, 0.2) is 18.2 Å². The highest BCUT2D eigenvalue weighted by atomic mass is 35.5. The van der Waals surface area contributed by atoms with Crippen LogP contribution in [0, 0.1) is 11.7 Å². The maximum atomic E-state index is 12.8. The zero-order valence-corrected chi connectivity index (χ0v) is 10.7. The van der Waals surface area contributed by atoms with Crippen molar-refractivity contribution in [1.82, 2.24) is 5.32 Å². The van der Waals surface area contributed by atoms with Crippen LogP contribution >= 0.6 is 11.6 Å². The zero-order chi connectivity index (χ0) is 13.0. The van der Waals surface area contributed by atoms with Gasteiger partial charge < -0.3 is 10.1 Å². The number of carbonyl (C=O) groups is 1. The number of benzene rings is 1. The van der Waals surface area contributed by atoms with Crippen molar-refractivity contribution in [1.29, 1.82) is 0 Å². The van der Waals surface area contributed by atoms with Crippen molar-refractivity contribution in [3.8, 4) is 0 Å². The van der Waals surface area contributed by atoms with Crippen molar-refractivity contribution >= 4 is 17.5 Å². The molecule has 1 aromatic carbocycles. The van der Waals surface area contributed by atoms with Gasteiger partial charge in [-0.15, -0.1) is 0 Å². The summed E-state index contributed by atoms with van der Waals surface area (Å²) in [4.78, 5) is 11.8. The van der Waals surface area contributed by atoms with E-state index < -0.39 is 5.82 Å². The topological polar surface area (TPSA) is 38.3 Å². The van der Waals surface area contributed by atoms with Gasteiger partial charge in [0.2, 0.25) is 0 Å². The molecule has 0 saturated carbocycles. The second kappa shape index (κ2) is 6.16. The summed E-state index contributed by atoms with van der Waals surface area (Å²) >= 11 is 5.81. The molecule has 1 heterocycles. The number of nitrogens with one attached hydrogen (secondary N) is 1. The van der Waals surface area contributed by atoms with E-state index in [1.807, 2.05) is 0 Å². The van der Waals surface area contributed by atoms with Crippen molar-refractivity contribution in [2.45, 2.75) is 12.8 Å². The fourth-order valence-corrected chi connectivity index (χ4v) is 2.22. The van der Waals surface area contributed by atoms with Crippen molar-refractivity contribution in [3.63, 3.8) is 0 Å². The van der Waals surface area contributed by atoms with Gasteiger partial charge in [0.05, 0.1) is 10.6 Å². The van der Waals surface area contributed by atoms with Crippen LogP contribution in [0.5, 0.6) is 0 Å². The van der Waals surface area contributed by atoms with Gasteiger partial charge in [-0.25, -0.2) is 4.39 Å². The van der Waals surface area contributed by atoms with Gasteiger partial charge in [-0.1, -0.05) is 11.6 Å². The molecule has 3 nitrogen and oxygen atoms in total. The summed E-state index contributed by atoms with van der Waals surface area (Å²) in [5, 5.41) is 2.92. The average Bonchev–Trinajstić information content (AvgIpc) is 2.81. The molecule has 0 aromatic heterocycles. The molecule has 1 saturated heterocycles. The molecule has 0 radical (unpaired) electrons. The first kappa shape index (κ1) is 13.3. The van der Waals surface area contributed by atoms with Gasteiger partial charge in [-0.2, -0.15) is 0 Å². The third kappa shape index (κ3) is 3.43. The first-order valence-corrected chi connectivity index (χ1v) is 6.35. The van der Waals surface area contributed by atoms with E-state index in [0.29, 0.717) is 18.0 Å². The van der Waals surface area contributed by atoms with Crippen molar-refractivity contribution in [2.75, 3.05) is 19.8 Å². The standard InChI is InChI=1S/C13H15ClFNO2/c14-12-7-10(15)1-2-11(12)13(17)16-5-3-9-4-6-18-8-9/h1-2,7,9H,3-6,8H2,(H,16,17)/t9-/m1/s1. The Morgan fingerprint density at radius 3 is 3.06 bits per heavy atom. The van der Waals surface area contributed by atoms with Crippen molar-refractivity contribution in [2.24, 2.45) is 5.92 Å². The van der Waals surface area contributed by atoms with Crippen LogP contribution in [-0.4, -0.2) is 25.7 Å². The minimum absolute atomic E-state index is 0.136. The van der Waals surface area contributed by atoms with E-state index in [1.165, 1.54) is 12.1 Å². The molecule has 1 amide bonds. The molecule has 0 bridgehead atoms. The summed E-state index contributed by atoms with van der Waals surface area (Å²) in [6.07, 6.45) is 1.94. The van der Waals surface area contributed by atoms with Crippen LogP contribution in [0.2, 0.25) is 5.02 Å². The molecule has 0 spiro atoms. The molecule has 18 heavy (non-hydrogen) atoms. The fourth-order valence-electron chi connectivity index (χ4n) is 1.97. The molecule has 1 fully saturated rings. The van der Waals surface area contributed by atoms with E-state index in [1.54, 1.807) is 0 Å². The molecule has 0 unspecified atom stereocenters. The number of rotatable bonds is 4. The molecule has 1 aromatic rings. The van der Waals surface area contributed by atoms with Crippen molar-refractivity contribution < 1.29 is 13.9 Å². The maximum Gasteiger partial charge on any atom is 0.252 e. The van der Waals surface area contributed by atoms with Crippen LogP contribution in [0.1, 0.15) is 23.2 Å². The van der Waals surface area contributed by atoms with Crippen LogP contribution in [0.4, 0.5) is 4.39 Å². The number of halogens is 2. The summed E-state index contributed by atoms with van der Waals surface area (Å²) in [5.74, 6) is -0.187. The van der Waals surface area contributed by atoms with Gasteiger partial charge in [0.15, 0.2) is 0 Å². The number of hydrogen-bond acceptors (Lipinski definition) is 2. The Labute approximate surface area is 110 Å². The summed E-state index contributed by atoms with van der Waals surface area (Å²) in [7, 11) is 0. The van der Waals surface area contributed by atoms with Crippen LogP contribution < -0.4 is 5.32 Å². The van der Waals surface area contributed by atoms with Gasteiger partial charge in [0.1, 0.15) is 5.82 Å². The molecule has 1 atom stereocenters. The summed E-state index contributed by atoms with van der Waals surface area (Å²) in [6, 6.07) is 3.76. The van der Waals surface area contributed by atoms with Gasteiger partial charge in [-0.3, -0.25) is 4.79 Å². The molecule has 5 heteroatoms. The van der Waals surface area contributed by atoms with E-state index in [4.69, 9.17) is 16.3 Å². The van der Waals surface area contributed by atoms with Crippen LogP contribution in [-0.2, 0) is 4.74 Å². The molecule has 1 aliphatic rings. The number of ether oxygens (including phenoxy) is 1. The largest absolute Gasteiger partial charge is 0.381 e. The monoisotopic (exact) mass is 271 g/mol. The Morgan fingerprint density at radius 2 is 2.39 bits per heavy atom. The Morgan fingerprint density at radius 1 is 1.56 bits per heavy atom. The number of amides is 1. The van der Waals surface area contributed by atoms with Crippen LogP contribution in [0.25, 0.3) is 0 Å².